The molecule has 0 unspecified atom stereocenters. The van der Waals surface area contributed by atoms with Crippen molar-refractivity contribution in [2.45, 2.75) is 19.4 Å². The predicted octanol–water partition coefficient (Wildman–Crippen LogP) is 1.85. The van der Waals surface area contributed by atoms with Crippen molar-refractivity contribution in [2.24, 2.45) is 0 Å². The fourth-order valence-corrected chi connectivity index (χ4v) is 2.43. The molecular weight excluding hydrogens is 256 g/mol. The highest BCUT2D eigenvalue weighted by Gasteiger charge is 2.19. The fourth-order valence-electron chi connectivity index (χ4n) is 2.43. The number of carbonyl (C=O) groups is 2. The molecule has 0 N–H and O–H groups in total. The van der Waals surface area contributed by atoms with Crippen LogP contribution >= 0.6 is 0 Å². The van der Waals surface area contributed by atoms with Crippen LogP contribution in [0.25, 0.3) is 11.1 Å². The zero-order chi connectivity index (χ0) is 14.1. The molecule has 1 aromatic heterocycles. The molecule has 1 aliphatic rings. The number of hydrogen-bond donors (Lipinski definition) is 0. The molecular formula is C15H14N2O3. The average Bonchev–Trinajstić information content (AvgIpc) is 3.06. The minimum atomic E-state index is -0.334. The van der Waals surface area contributed by atoms with Crippen LogP contribution in [-0.2, 0) is 22.5 Å². The molecule has 0 atom stereocenters. The molecule has 5 nitrogen and oxygen atoms in total. The summed E-state index contributed by atoms with van der Waals surface area (Å²) in [5.41, 5.74) is 3.86. The Morgan fingerprint density at radius 3 is 3.00 bits per heavy atom. The zero-order valence-corrected chi connectivity index (χ0v) is 11.1. The largest absolute Gasteiger partial charge is 0.468 e. The van der Waals surface area contributed by atoms with E-state index in [0.717, 1.165) is 28.7 Å². The summed E-state index contributed by atoms with van der Waals surface area (Å²) < 4.78 is 6.15. The standard InChI is InChI=1S/C15H14N2O3/c1-20-15(19)9-17-8-12(7-16-17)10-2-4-13-11(6-10)3-5-14(13)18/h2,4,6-8H,3,5,9H2,1H3. The van der Waals surface area contributed by atoms with Crippen LogP contribution in [0.1, 0.15) is 22.3 Å². The number of nitrogens with zero attached hydrogens (tertiary/aromatic N) is 2. The van der Waals surface area contributed by atoms with E-state index in [0.29, 0.717) is 6.42 Å². The van der Waals surface area contributed by atoms with Crippen molar-refractivity contribution in [3.8, 4) is 11.1 Å². The number of hydrogen-bond acceptors (Lipinski definition) is 4. The molecule has 1 aliphatic carbocycles. The predicted molar refractivity (Wildman–Crippen MR) is 72.3 cm³/mol. The van der Waals surface area contributed by atoms with E-state index < -0.39 is 0 Å². The number of Topliss-reactive ketones (excluding diaryl/α,β-unsaturated/α-hetero) is 1. The average molecular weight is 270 g/mol. The number of aromatic nitrogens is 2. The van der Waals surface area contributed by atoms with Crippen molar-refractivity contribution >= 4 is 11.8 Å². The highest BCUT2D eigenvalue weighted by Crippen LogP contribution is 2.27. The van der Waals surface area contributed by atoms with Gasteiger partial charge in [0, 0.05) is 23.7 Å². The van der Waals surface area contributed by atoms with Crippen molar-refractivity contribution in [1.29, 1.82) is 0 Å². The van der Waals surface area contributed by atoms with Crippen LogP contribution in [0.3, 0.4) is 0 Å². The second kappa shape index (κ2) is 4.92. The summed E-state index contributed by atoms with van der Waals surface area (Å²) in [6.45, 7) is 0.0971. The van der Waals surface area contributed by atoms with Gasteiger partial charge in [-0.25, -0.2) is 0 Å². The first-order valence-electron chi connectivity index (χ1n) is 6.43. The molecule has 3 rings (SSSR count). The van der Waals surface area contributed by atoms with Crippen molar-refractivity contribution in [3.05, 3.63) is 41.7 Å². The molecule has 0 saturated heterocycles. The van der Waals surface area contributed by atoms with Gasteiger partial charge < -0.3 is 4.74 Å². The van der Waals surface area contributed by atoms with Gasteiger partial charge in [0.1, 0.15) is 6.54 Å². The Morgan fingerprint density at radius 1 is 1.35 bits per heavy atom. The van der Waals surface area contributed by atoms with E-state index in [1.807, 2.05) is 18.2 Å². The summed E-state index contributed by atoms with van der Waals surface area (Å²) in [6.07, 6.45) is 4.91. The number of rotatable bonds is 3. The molecule has 0 bridgehead atoms. The van der Waals surface area contributed by atoms with E-state index in [1.165, 1.54) is 7.11 Å². The lowest BCUT2D eigenvalue weighted by atomic mass is 10.0. The van der Waals surface area contributed by atoms with Gasteiger partial charge in [-0.1, -0.05) is 18.2 Å². The van der Waals surface area contributed by atoms with Gasteiger partial charge in [0.15, 0.2) is 5.78 Å². The Hall–Kier alpha value is -2.43. The molecule has 0 radical (unpaired) electrons. The second-order valence-corrected chi connectivity index (χ2v) is 4.80. The first-order chi connectivity index (χ1) is 9.67. The van der Waals surface area contributed by atoms with Crippen molar-refractivity contribution < 1.29 is 14.3 Å². The van der Waals surface area contributed by atoms with E-state index in [9.17, 15) is 9.59 Å². The van der Waals surface area contributed by atoms with E-state index in [2.05, 4.69) is 9.84 Å². The highest BCUT2D eigenvalue weighted by molar-refractivity contribution is 6.00. The number of esters is 1. The molecule has 20 heavy (non-hydrogen) atoms. The minimum absolute atomic E-state index is 0.0971. The lowest BCUT2D eigenvalue weighted by molar-refractivity contribution is -0.141. The fraction of sp³-hybridized carbons (Fsp3) is 0.267. The summed E-state index contributed by atoms with van der Waals surface area (Å²) in [5.74, 6) is -0.118. The van der Waals surface area contributed by atoms with Crippen molar-refractivity contribution in [1.82, 2.24) is 9.78 Å². The molecule has 0 saturated carbocycles. The van der Waals surface area contributed by atoms with Crippen LogP contribution in [0.4, 0.5) is 0 Å². The van der Waals surface area contributed by atoms with Gasteiger partial charge in [-0.05, 0) is 17.5 Å². The lowest BCUT2D eigenvalue weighted by Gasteiger charge is -2.02. The quantitative estimate of drug-likeness (QED) is 0.799. The number of benzene rings is 1. The summed E-state index contributed by atoms with van der Waals surface area (Å²) >= 11 is 0. The number of methoxy groups -OCH3 is 1. The molecule has 0 amide bonds. The number of fused-ring (bicyclic) bond motifs is 1. The van der Waals surface area contributed by atoms with Gasteiger partial charge >= 0.3 is 5.97 Å². The van der Waals surface area contributed by atoms with E-state index in [-0.39, 0.29) is 18.3 Å². The van der Waals surface area contributed by atoms with Crippen LogP contribution in [0.15, 0.2) is 30.6 Å². The summed E-state index contributed by atoms with van der Waals surface area (Å²) in [7, 11) is 1.35. The second-order valence-electron chi connectivity index (χ2n) is 4.80. The highest BCUT2D eigenvalue weighted by atomic mass is 16.5. The van der Waals surface area contributed by atoms with Gasteiger partial charge in [0.2, 0.25) is 0 Å². The van der Waals surface area contributed by atoms with Gasteiger partial charge in [-0.3, -0.25) is 14.3 Å². The summed E-state index contributed by atoms with van der Waals surface area (Å²) in [4.78, 5) is 22.8. The molecule has 1 heterocycles. The molecule has 0 aliphatic heterocycles. The maximum atomic E-state index is 11.6. The third-order valence-electron chi connectivity index (χ3n) is 3.51. The minimum Gasteiger partial charge on any atom is -0.468 e. The summed E-state index contributed by atoms with van der Waals surface area (Å²) in [6, 6.07) is 5.82. The zero-order valence-electron chi connectivity index (χ0n) is 11.1. The maximum absolute atomic E-state index is 11.6. The van der Waals surface area contributed by atoms with E-state index in [4.69, 9.17) is 0 Å². The Balaban J connectivity index is 1.87. The Labute approximate surface area is 116 Å². The number of ether oxygens (including phenoxy) is 1. The smallest absolute Gasteiger partial charge is 0.327 e. The molecule has 102 valence electrons. The maximum Gasteiger partial charge on any atom is 0.327 e. The number of ketones is 1. The third kappa shape index (κ3) is 2.22. The Morgan fingerprint density at radius 2 is 2.20 bits per heavy atom. The van der Waals surface area contributed by atoms with Crippen molar-refractivity contribution in [3.63, 3.8) is 0 Å². The first kappa shape index (κ1) is 12.6. The van der Waals surface area contributed by atoms with Crippen LogP contribution in [-0.4, -0.2) is 28.6 Å². The normalized spacial score (nSPS) is 13.3. The summed E-state index contributed by atoms with van der Waals surface area (Å²) in [5, 5.41) is 4.14. The Bertz CT molecular complexity index is 688. The van der Waals surface area contributed by atoms with Crippen LogP contribution in [0.2, 0.25) is 0 Å². The van der Waals surface area contributed by atoms with Crippen LogP contribution in [0, 0.1) is 0 Å². The molecule has 1 aromatic carbocycles. The lowest BCUT2D eigenvalue weighted by Crippen LogP contribution is -2.11. The first-order valence-corrected chi connectivity index (χ1v) is 6.43. The molecule has 2 aromatic rings. The van der Waals surface area contributed by atoms with Crippen LogP contribution < -0.4 is 0 Å². The van der Waals surface area contributed by atoms with E-state index >= 15 is 0 Å². The topological polar surface area (TPSA) is 61.2 Å². The number of carbonyl (C=O) groups excluding carboxylic acids is 2. The van der Waals surface area contributed by atoms with Gasteiger partial charge in [-0.2, -0.15) is 5.10 Å². The Kier molecular flexibility index (Phi) is 3.10. The SMILES string of the molecule is COC(=O)Cn1cc(-c2ccc3c(c2)CCC3=O)cn1. The molecule has 0 spiro atoms. The third-order valence-corrected chi connectivity index (χ3v) is 3.51. The molecule has 0 fully saturated rings. The van der Waals surface area contributed by atoms with E-state index in [1.54, 1.807) is 17.1 Å². The van der Waals surface area contributed by atoms with Gasteiger partial charge in [0.25, 0.3) is 0 Å². The monoisotopic (exact) mass is 270 g/mol. The van der Waals surface area contributed by atoms with Crippen LogP contribution in [0.5, 0.6) is 0 Å². The van der Waals surface area contributed by atoms with Crippen molar-refractivity contribution in [2.75, 3.05) is 7.11 Å². The molecule has 5 heteroatoms. The van der Waals surface area contributed by atoms with Gasteiger partial charge in [-0.15, -0.1) is 0 Å². The number of aryl methyl sites for hydroxylation is 1. The van der Waals surface area contributed by atoms with Gasteiger partial charge in [0.05, 0.1) is 13.3 Å².